The van der Waals surface area contributed by atoms with E-state index in [0.717, 1.165) is 28.9 Å². The van der Waals surface area contributed by atoms with Crippen LogP contribution in [0.2, 0.25) is 5.02 Å². The Morgan fingerprint density at radius 2 is 2.12 bits per heavy atom. The van der Waals surface area contributed by atoms with Gasteiger partial charge in [-0.2, -0.15) is 0 Å². The van der Waals surface area contributed by atoms with Crippen molar-refractivity contribution in [1.29, 1.82) is 0 Å². The monoisotopic (exact) mass is 367 g/mol. The van der Waals surface area contributed by atoms with Gasteiger partial charge in [0.25, 0.3) is 0 Å². The van der Waals surface area contributed by atoms with Crippen molar-refractivity contribution in [2.45, 2.75) is 19.4 Å². The molecular formula is C19H18ClN5O. The highest BCUT2D eigenvalue weighted by atomic mass is 35.5. The number of nitrogens with one attached hydrogen (secondary N) is 2. The Morgan fingerprint density at radius 1 is 1.31 bits per heavy atom. The van der Waals surface area contributed by atoms with E-state index in [9.17, 15) is 4.79 Å². The smallest absolute Gasteiger partial charge is 0.322 e. The lowest BCUT2D eigenvalue weighted by atomic mass is 9.97. The molecule has 0 fully saturated rings. The summed E-state index contributed by atoms with van der Waals surface area (Å²) >= 11 is 6.17. The van der Waals surface area contributed by atoms with Gasteiger partial charge in [0, 0.05) is 41.8 Å². The summed E-state index contributed by atoms with van der Waals surface area (Å²) < 4.78 is 0. The Hall–Kier alpha value is -2.86. The van der Waals surface area contributed by atoms with Gasteiger partial charge in [-0.3, -0.25) is 4.98 Å². The Kier molecular flexibility index (Phi) is 4.34. The SMILES string of the molecule is Cc1ccc(NC(=O)N2CCc3[nH]cnc3[C@H]2c2ccncc2)cc1Cl. The molecule has 3 heterocycles. The second-order valence-corrected chi connectivity index (χ2v) is 6.69. The van der Waals surface area contributed by atoms with Gasteiger partial charge in [0.05, 0.1) is 12.0 Å². The van der Waals surface area contributed by atoms with Crippen LogP contribution in [0.5, 0.6) is 0 Å². The summed E-state index contributed by atoms with van der Waals surface area (Å²) in [6.45, 7) is 2.52. The Balaban J connectivity index is 1.65. The molecule has 0 unspecified atom stereocenters. The highest BCUT2D eigenvalue weighted by Crippen LogP contribution is 2.33. The van der Waals surface area contributed by atoms with Crippen LogP contribution in [0.25, 0.3) is 0 Å². The van der Waals surface area contributed by atoms with E-state index in [1.165, 1.54) is 0 Å². The summed E-state index contributed by atoms with van der Waals surface area (Å²) in [6.07, 6.45) is 5.87. The van der Waals surface area contributed by atoms with Crippen LogP contribution >= 0.6 is 11.6 Å². The summed E-state index contributed by atoms with van der Waals surface area (Å²) in [7, 11) is 0. The van der Waals surface area contributed by atoms with E-state index in [4.69, 9.17) is 11.6 Å². The minimum Gasteiger partial charge on any atom is -0.348 e. The lowest BCUT2D eigenvalue weighted by Gasteiger charge is -2.35. The summed E-state index contributed by atoms with van der Waals surface area (Å²) in [5.74, 6) is 0. The minimum absolute atomic E-state index is 0.180. The summed E-state index contributed by atoms with van der Waals surface area (Å²) in [5.41, 5.74) is 4.56. The molecule has 2 N–H and O–H groups in total. The highest BCUT2D eigenvalue weighted by molar-refractivity contribution is 6.31. The molecule has 1 aliphatic heterocycles. The number of benzene rings is 1. The van der Waals surface area contributed by atoms with Crippen LogP contribution in [0, 0.1) is 6.92 Å². The second-order valence-electron chi connectivity index (χ2n) is 6.29. The van der Waals surface area contributed by atoms with Gasteiger partial charge >= 0.3 is 6.03 Å². The van der Waals surface area contributed by atoms with Crippen LogP contribution in [0.4, 0.5) is 10.5 Å². The molecule has 3 aromatic rings. The number of carbonyl (C=O) groups is 1. The van der Waals surface area contributed by atoms with Gasteiger partial charge in [-0.25, -0.2) is 9.78 Å². The van der Waals surface area contributed by atoms with Crippen LogP contribution in [-0.2, 0) is 6.42 Å². The molecule has 0 saturated carbocycles. The zero-order valence-electron chi connectivity index (χ0n) is 14.2. The molecular weight excluding hydrogens is 350 g/mol. The summed E-state index contributed by atoms with van der Waals surface area (Å²) in [5, 5.41) is 3.58. The molecule has 7 heteroatoms. The average molecular weight is 368 g/mol. The molecule has 0 bridgehead atoms. The van der Waals surface area contributed by atoms with Gasteiger partial charge in [0.15, 0.2) is 0 Å². The van der Waals surface area contributed by atoms with Crippen molar-refractivity contribution in [1.82, 2.24) is 19.9 Å². The molecule has 26 heavy (non-hydrogen) atoms. The number of halogens is 1. The van der Waals surface area contributed by atoms with Crippen molar-refractivity contribution in [3.8, 4) is 0 Å². The predicted molar refractivity (Wildman–Crippen MR) is 100 cm³/mol. The topological polar surface area (TPSA) is 73.9 Å². The number of urea groups is 1. The van der Waals surface area contributed by atoms with E-state index >= 15 is 0 Å². The minimum atomic E-state index is -0.256. The van der Waals surface area contributed by atoms with Gasteiger partial charge in [0.1, 0.15) is 6.04 Å². The number of hydrogen-bond acceptors (Lipinski definition) is 3. The van der Waals surface area contributed by atoms with Gasteiger partial charge in [-0.05, 0) is 42.3 Å². The first-order valence-corrected chi connectivity index (χ1v) is 8.77. The van der Waals surface area contributed by atoms with Crippen molar-refractivity contribution in [3.63, 3.8) is 0 Å². The Labute approximate surface area is 156 Å². The average Bonchev–Trinajstić information content (AvgIpc) is 3.13. The van der Waals surface area contributed by atoms with E-state index in [0.29, 0.717) is 17.3 Å². The number of carbonyl (C=O) groups excluding carboxylic acids is 1. The molecule has 6 nitrogen and oxygen atoms in total. The van der Waals surface area contributed by atoms with Gasteiger partial charge in [0.2, 0.25) is 0 Å². The predicted octanol–water partition coefficient (Wildman–Crippen LogP) is 3.95. The number of pyridine rings is 1. The molecule has 4 rings (SSSR count). The van der Waals surface area contributed by atoms with Crippen LogP contribution in [0.3, 0.4) is 0 Å². The van der Waals surface area contributed by atoms with Crippen LogP contribution in [0.15, 0.2) is 49.1 Å². The van der Waals surface area contributed by atoms with Crippen LogP contribution in [-0.4, -0.2) is 32.4 Å². The number of aryl methyl sites for hydroxylation is 1. The third-order valence-electron chi connectivity index (χ3n) is 4.63. The number of aromatic amines is 1. The first-order chi connectivity index (χ1) is 12.6. The maximum absolute atomic E-state index is 13.0. The Bertz CT molecular complexity index is 940. The lowest BCUT2D eigenvalue weighted by molar-refractivity contribution is 0.192. The second kappa shape index (κ2) is 6.80. The van der Waals surface area contributed by atoms with Crippen molar-refractivity contribution >= 4 is 23.3 Å². The largest absolute Gasteiger partial charge is 0.348 e. The molecule has 1 atom stereocenters. The molecule has 132 valence electrons. The molecule has 0 spiro atoms. The van der Waals surface area contributed by atoms with Gasteiger partial charge in [-0.1, -0.05) is 17.7 Å². The number of H-pyrrole nitrogens is 1. The number of hydrogen-bond donors (Lipinski definition) is 2. The highest BCUT2D eigenvalue weighted by Gasteiger charge is 2.34. The van der Waals surface area contributed by atoms with E-state index < -0.39 is 0 Å². The maximum Gasteiger partial charge on any atom is 0.322 e. The zero-order chi connectivity index (χ0) is 18.1. The van der Waals surface area contributed by atoms with Crippen LogP contribution < -0.4 is 5.32 Å². The fraction of sp³-hybridized carbons (Fsp3) is 0.211. The molecule has 2 aromatic heterocycles. The summed E-state index contributed by atoms with van der Waals surface area (Å²) in [6, 6.07) is 8.90. The van der Waals surface area contributed by atoms with Crippen molar-refractivity contribution in [2.24, 2.45) is 0 Å². The molecule has 1 aromatic carbocycles. The Morgan fingerprint density at radius 3 is 2.88 bits per heavy atom. The van der Waals surface area contributed by atoms with E-state index in [2.05, 4.69) is 20.3 Å². The van der Waals surface area contributed by atoms with Gasteiger partial charge < -0.3 is 15.2 Å². The molecule has 1 aliphatic rings. The standard InChI is InChI=1S/C19H18ClN5O/c1-12-2-3-14(10-15(12)20)24-19(26)25-9-6-16-17(23-11-22-16)18(25)13-4-7-21-8-5-13/h2-5,7-8,10-11,18H,6,9H2,1H3,(H,22,23)(H,24,26)/t18-/m1/s1. The zero-order valence-corrected chi connectivity index (χ0v) is 15.0. The van der Waals surface area contributed by atoms with E-state index in [-0.39, 0.29) is 12.1 Å². The number of aromatic nitrogens is 3. The quantitative estimate of drug-likeness (QED) is 0.720. The number of fused-ring (bicyclic) bond motifs is 1. The van der Waals surface area contributed by atoms with Crippen LogP contribution in [0.1, 0.15) is 28.6 Å². The molecule has 0 saturated heterocycles. The van der Waals surface area contributed by atoms with Crippen molar-refractivity contribution < 1.29 is 4.79 Å². The first kappa shape index (κ1) is 16.6. The molecule has 0 radical (unpaired) electrons. The number of anilines is 1. The van der Waals surface area contributed by atoms with Gasteiger partial charge in [-0.15, -0.1) is 0 Å². The normalized spacial score (nSPS) is 16.2. The third kappa shape index (κ3) is 3.04. The molecule has 0 aliphatic carbocycles. The fourth-order valence-electron chi connectivity index (χ4n) is 3.24. The first-order valence-electron chi connectivity index (χ1n) is 8.39. The number of imidazole rings is 1. The van der Waals surface area contributed by atoms with E-state index in [1.807, 2.05) is 31.2 Å². The number of nitrogens with zero attached hydrogens (tertiary/aromatic N) is 3. The van der Waals surface area contributed by atoms with E-state index in [1.54, 1.807) is 29.7 Å². The fourth-order valence-corrected chi connectivity index (χ4v) is 3.43. The summed E-state index contributed by atoms with van der Waals surface area (Å²) in [4.78, 5) is 26.5. The third-order valence-corrected chi connectivity index (χ3v) is 5.04. The number of amides is 2. The van der Waals surface area contributed by atoms with Crippen molar-refractivity contribution in [2.75, 3.05) is 11.9 Å². The number of rotatable bonds is 2. The molecule has 2 amide bonds. The lowest BCUT2D eigenvalue weighted by Crippen LogP contribution is -2.43. The van der Waals surface area contributed by atoms with Crippen molar-refractivity contribution in [3.05, 3.63) is 76.6 Å². The maximum atomic E-state index is 13.0.